The van der Waals surface area contributed by atoms with Crippen LogP contribution < -0.4 is 0 Å². The summed E-state index contributed by atoms with van der Waals surface area (Å²) in [5.41, 5.74) is 0. The van der Waals surface area contributed by atoms with Gasteiger partial charge in [-0.15, -0.1) is 10.0 Å². The molecule has 0 aliphatic carbocycles. The highest BCUT2D eigenvalue weighted by atomic mass is 32.3. The molecule has 0 saturated carbocycles. The maximum absolute atomic E-state index is 8.37. The normalized spacial score (nSPS) is 45.6. The minimum absolute atomic E-state index is 0.894. The van der Waals surface area contributed by atoms with Crippen molar-refractivity contribution in [2.75, 3.05) is 6.26 Å². The summed E-state index contributed by atoms with van der Waals surface area (Å²) in [4.78, 5) is 1.29. The van der Waals surface area contributed by atoms with Crippen molar-refractivity contribution in [3.8, 4) is 5.40 Å². The number of allylic oxidation sites excluding steroid dienone is 1. The molecule has 1 heterocycles. The SMILES string of the molecule is CC1=CS1(C)C#N. The largest absolute Gasteiger partial charge is 0.186 e. The first-order valence-corrected chi connectivity index (χ1v) is 4.17. The van der Waals surface area contributed by atoms with Gasteiger partial charge in [0.25, 0.3) is 0 Å². The molecule has 1 nitrogen and oxygen atoms in total. The second kappa shape index (κ2) is 1.05. The molecule has 38 valence electrons. The smallest absolute Gasteiger partial charge is 0.121 e. The third-order valence-corrected chi connectivity index (χ3v) is 3.61. The standard InChI is InChI=1S/C5H7NS/c1-5-3-7(5,2)4-6/h3H,1-2H3. The fraction of sp³-hybridized carbons (Fsp3) is 0.400. The first-order valence-electron chi connectivity index (χ1n) is 2.06. The highest BCUT2D eigenvalue weighted by molar-refractivity contribution is 8.47. The Morgan fingerprint density at radius 1 is 1.86 bits per heavy atom. The van der Waals surface area contributed by atoms with Crippen LogP contribution in [0.5, 0.6) is 0 Å². The molecule has 1 aliphatic heterocycles. The van der Waals surface area contributed by atoms with Gasteiger partial charge in [-0.05, 0) is 23.5 Å². The zero-order chi connectivity index (χ0) is 5.49. The third kappa shape index (κ3) is 0.533. The Morgan fingerprint density at radius 3 is 2.29 bits per heavy atom. The van der Waals surface area contributed by atoms with Crippen molar-refractivity contribution in [2.45, 2.75) is 6.92 Å². The lowest BCUT2D eigenvalue weighted by atomic mass is 10.8. The van der Waals surface area contributed by atoms with Gasteiger partial charge in [-0.25, -0.2) is 0 Å². The Morgan fingerprint density at radius 2 is 2.29 bits per heavy atom. The zero-order valence-corrected chi connectivity index (χ0v) is 5.25. The minimum atomic E-state index is -0.894. The Bertz CT molecular complexity index is 165. The minimum Gasteiger partial charge on any atom is -0.186 e. The molecular formula is C5H7NS. The lowest BCUT2D eigenvalue weighted by Crippen LogP contribution is -1.66. The van der Waals surface area contributed by atoms with Gasteiger partial charge in [0.2, 0.25) is 0 Å². The number of rotatable bonds is 0. The van der Waals surface area contributed by atoms with E-state index in [1.54, 1.807) is 0 Å². The van der Waals surface area contributed by atoms with Crippen LogP contribution in [0.15, 0.2) is 10.3 Å². The fourth-order valence-electron chi connectivity index (χ4n) is 0.406. The van der Waals surface area contributed by atoms with Crippen molar-refractivity contribution < 1.29 is 0 Å². The fourth-order valence-corrected chi connectivity index (χ4v) is 1.65. The molecule has 0 bridgehead atoms. The summed E-state index contributed by atoms with van der Waals surface area (Å²) in [6.45, 7) is 2.01. The molecule has 0 radical (unpaired) electrons. The van der Waals surface area contributed by atoms with Crippen LogP contribution in [0.4, 0.5) is 0 Å². The summed E-state index contributed by atoms with van der Waals surface area (Å²) >= 11 is 0. The van der Waals surface area contributed by atoms with Gasteiger partial charge in [0, 0.05) is 0 Å². The van der Waals surface area contributed by atoms with E-state index >= 15 is 0 Å². The number of nitriles is 1. The predicted molar refractivity (Wildman–Crippen MR) is 32.9 cm³/mol. The average molecular weight is 113 g/mol. The van der Waals surface area contributed by atoms with Crippen LogP contribution in [0.25, 0.3) is 0 Å². The van der Waals surface area contributed by atoms with Crippen LogP contribution in [0.3, 0.4) is 0 Å². The zero-order valence-electron chi connectivity index (χ0n) is 4.43. The second-order valence-electron chi connectivity index (χ2n) is 1.80. The van der Waals surface area contributed by atoms with E-state index in [1.165, 1.54) is 4.91 Å². The molecule has 0 aromatic heterocycles. The number of thiocyanates is 1. The van der Waals surface area contributed by atoms with E-state index in [9.17, 15) is 0 Å². The van der Waals surface area contributed by atoms with Gasteiger partial charge in [0.05, 0.1) is 0 Å². The van der Waals surface area contributed by atoms with E-state index in [1.807, 2.05) is 18.6 Å². The molecule has 0 fully saturated rings. The van der Waals surface area contributed by atoms with Crippen molar-refractivity contribution in [3.63, 3.8) is 0 Å². The Labute approximate surface area is 45.0 Å². The van der Waals surface area contributed by atoms with E-state index in [4.69, 9.17) is 5.26 Å². The molecule has 2 heteroatoms. The van der Waals surface area contributed by atoms with Gasteiger partial charge in [-0.1, -0.05) is 0 Å². The summed E-state index contributed by atoms with van der Waals surface area (Å²) in [7, 11) is -0.894. The maximum Gasteiger partial charge on any atom is 0.121 e. The molecule has 0 amide bonds. The van der Waals surface area contributed by atoms with Gasteiger partial charge in [-0.2, -0.15) is 5.26 Å². The summed E-state index contributed by atoms with van der Waals surface area (Å²) < 4.78 is 0. The van der Waals surface area contributed by atoms with Crippen molar-refractivity contribution in [3.05, 3.63) is 10.3 Å². The van der Waals surface area contributed by atoms with Crippen molar-refractivity contribution in [1.29, 1.82) is 5.26 Å². The van der Waals surface area contributed by atoms with Gasteiger partial charge < -0.3 is 0 Å². The van der Waals surface area contributed by atoms with E-state index in [-0.39, 0.29) is 0 Å². The third-order valence-electron chi connectivity index (χ3n) is 1.20. The van der Waals surface area contributed by atoms with Crippen LogP contribution in [-0.2, 0) is 0 Å². The average Bonchev–Trinajstić information content (AvgIpc) is 2.18. The van der Waals surface area contributed by atoms with Crippen LogP contribution in [-0.4, -0.2) is 6.26 Å². The number of hydrogen-bond acceptors (Lipinski definition) is 1. The Kier molecular flexibility index (Phi) is 0.707. The van der Waals surface area contributed by atoms with Crippen molar-refractivity contribution in [2.24, 2.45) is 0 Å². The summed E-state index contributed by atoms with van der Waals surface area (Å²) in [5.74, 6) is 0. The Balaban J connectivity index is 2.64. The molecule has 1 rings (SSSR count). The highest BCUT2D eigenvalue weighted by Gasteiger charge is 2.29. The predicted octanol–water partition coefficient (Wildman–Crippen LogP) is 1.78. The molecule has 0 aromatic carbocycles. The molecule has 0 N–H and O–H groups in total. The molecule has 0 aromatic rings. The molecule has 7 heavy (non-hydrogen) atoms. The molecule has 1 aliphatic rings. The van der Waals surface area contributed by atoms with E-state index in [0.717, 1.165) is 0 Å². The molecule has 0 spiro atoms. The molecule has 1 unspecified atom stereocenters. The van der Waals surface area contributed by atoms with Gasteiger partial charge >= 0.3 is 0 Å². The van der Waals surface area contributed by atoms with E-state index in [2.05, 4.69) is 5.40 Å². The van der Waals surface area contributed by atoms with Crippen LogP contribution in [0, 0.1) is 10.7 Å². The monoisotopic (exact) mass is 113 g/mol. The Hall–Kier alpha value is -0.420. The molecule has 1 atom stereocenters. The molecular weight excluding hydrogens is 106 g/mol. The number of nitrogens with zero attached hydrogens (tertiary/aromatic N) is 1. The lowest BCUT2D eigenvalue weighted by Gasteiger charge is -1.99. The maximum atomic E-state index is 8.37. The summed E-state index contributed by atoms with van der Waals surface area (Å²) in [5, 5.41) is 12.7. The highest BCUT2D eigenvalue weighted by Crippen LogP contribution is 2.66. The summed E-state index contributed by atoms with van der Waals surface area (Å²) in [6.07, 6.45) is 2.00. The van der Waals surface area contributed by atoms with Crippen LogP contribution >= 0.6 is 10.0 Å². The van der Waals surface area contributed by atoms with Crippen LogP contribution in [0.1, 0.15) is 6.92 Å². The quantitative estimate of drug-likeness (QED) is 0.439. The topological polar surface area (TPSA) is 23.8 Å². The van der Waals surface area contributed by atoms with Gasteiger partial charge in [-0.3, -0.25) is 0 Å². The van der Waals surface area contributed by atoms with Crippen molar-refractivity contribution >= 4 is 10.0 Å². The summed E-state index contributed by atoms with van der Waals surface area (Å²) in [6, 6.07) is 0. The second-order valence-corrected chi connectivity index (χ2v) is 4.83. The van der Waals surface area contributed by atoms with E-state index < -0.39 is 10.0 Å². The first kappa shape index (κ1) is 4.73. The lowest BCUT2D eigenvalue weighted by molar-refractivity contribution is 1.56. The van der Waals surface area contributed by atoms with Crippen LogP contribution in [0.2, 0.25) is 0 Å². The first-order chi connectivity index (χ1) is 3.19. The number of hydrogen-bond donors (Lipinski definition) is 0. The van der Waals surface area contributed by atoms with Gasteiger partial charge in [0.1, 0.15) is 5.40 Å². The van der Waals surface area contributed by atoms with Gasteiger partial charge in [0.15, 0.2) is 0 Å². The molecule has 0 saturated heterocycles. The van der Waals surface area contributed by atoms with E-state index in [0.29, 0.717) is 0 Å². The van der Waals surface area contributed by atoms with Crippen molar-refractivity contribution in [1.82, 2.24) is 0 Å².